The minimum Gasteiger partial charge on any atom is -0.462 e. The highest BCUT2D eigenvalue weighted by Gasteiger charge is 2.22. The Morgan fingerprint density at radius 2 is 2.08 bits per heavy atom. The van der Waals surface area contributed by atoms with Crippen LogP contribution in [0.2, 0.25) is 0 Å². The molecule has 0 aromatic carbocycles. The smallest absolute Gasteiger partial charge is 0.293 e. The maximum atomic E-state index is 10.3. The predicted molar refractivity (Wildman–Crippen MR) is 54.5 cm³/mol. The van der Waals surface area contributed by atoms with Crippen LogP contribution in [-0.2, 0) is 9.53 Å². The molecule has 1 atom stereocenters. The maximum absolute atomic E-state index is 10.3. The van der Waals surface area contributed by atoms with E-state index in [1.165, 1.54) is 6.42 Å². The zero-order valence-corrected chi connectivity index (χ0v) is 9.30. The van der Waals surface area contributed by atoms with Crippen molar-refractivity contribution < 1.29 is 9.53 Å². The first-order chi connectivity index (χ1) is 6.04. The summed E-state index contributed by atoms with van der Waals surface area (Å²) in [6, 6.07) is 0. The van der Waals surface area contributed by atoms with Gasteiger partial charge in [-0.05, 0) is 32.1 Å². The summed E-state index contributed by atoms with van der Waals surface area (Å²) in [5.41, 5.74) is -0.239. The molecule has 0 saturated carbocycles. The molecule has 0 bridgehead atoms. The molecule has 0 radical (unpaired) electrons. The van der Waals surface area contributed by atoms with E-state index in [1.54, 1.807) is 0 Å². The van der Waals surface area contributed by atoms with Crippen molar-refractivity contribution in [3.8, 4) is 0 Å². The first-order valence-corrected chi connectivity index (χ1v) is 5.15. The molecule has 0 aromatic heterocycles. The minimum absolute atomic E-state index is 0.239. The molecular formula is C11H22O2. The summed E-state index contributed by atoms with van der Waals surface area (Å²) < 4.78 is 5.08. The van der Waals surface area contributed by atoms with Crippen LogP contribution in [0.4, 0.5) is 0 Å². The highest BCUT2D eigenvalue weighted by Crippen LogP contribution is 2.22. The number of ether oxygens (including phenoxy) is 1. The van der Waals surface area contributed by atoms with Crippen molar-refractivity contribution in [3.63, 3.8) is 0 Å². The predicted octanol–water partition coefficient (Wildman–Crippen LogP) is 3.15. The Kier molecular flexibility index (Phi) is 5.76. The van der Waals surface area contributed by atoms with Crippen molar-refractivity contribution >= 4 is 6.47 Å². The SMILES string of the molecule is CCC(C)(CCCC(C)C)OC=O. The molecule has 78 valence electrons. The Labute approximate surface area is 81.7 Å². The number of hydrogen-bond acceptors (Lipinski definition) is 2. The Morgan fingerprint density at radius 1 is 1.46 bits per heavy atom. The topological polar surface area (TPSA) is 26.3 Å². The largest absolute Gasteiger partial charge is 0.462 e. The van der Waals surface area contributed by atoms with Crippen LogP contribution in [0.15, 0.2) is 0 Å². The summed E-state index contributed by atoms with van der Waals surface area (Å²) in [6.45, 7) is 9.05. The van der Waals surface area contributed by atoms with E-state index in [1.807, 2.05) is 6.92 Å². The Hall–Kier alpha value is -0.530. The maximum Gasteiger partial charge on any atom is 0.293 e. The van der Waals surface area contributed by atoms with E-state index in [2.05, 4.69) is 20.8 Å². The molecule has 0 aromatic rings. The number of carbonyl (C=O) groups excluding carboxylic acids is 1. The second kappa shape index (κ2) is 6.01. The van der Waals surface area contributed by atoms with Crippen LogP contribution in [0.5, 0.6) is 0 Å². The molecule has 2 nitrogen and oxygen atoms in total. The lowest BCUT2D eigenvalue weighted by Gasteiger charge is -2.26. The van der Waals surface area contributed by atoms with Gasteiger partial charge in [-0.25, -0.2) is 0 Å². The molecule has 0 amide bonds. The van der Waals surface area contributed by atoms with Gasteiger partial charge < -0.3 is 4.74 Å². The van der Waals surface area contributed by atoms with Crippen molar-refractivity contribution in [2.24, 2.45) is 5.92 Å². The van der Waals surface area contributed by atoms with Gasteiger partial charge in [-0.1, -0.05) is 27.2 Å². The van der Waals surface area contributed by atoms with Gasteiger partial charge >= 0.3 is 0 Å². The lowest BCUT2D eigenvalue weighted by molar-refractivity contribution is -0.143. The van der Waals surface area contributed by atoms with Crippen molar-refractivity contribution in [2.45, 2.75) is 59.0 Å². The lowest BCUT2D eigenvalue weighted by atomic mass is 9.93. The third-order valence-corrected chi connectivity index (χ3v) is 2.57. The summed E-state index contributed by atoms with van der Waals surface area (Å²) in [4.78, 5) is 10.3. The molecule has 0 fully saturated rings. The van der Waals surface area contributed by atoms with Crippen molar-refractivity contribution in [2.75, 3.05) is 0 Å². The zero-order valence-electron chi connectivity index (χ0n) is 9.30. The van der Waals surface area contributed by atoms with E-state index in [-0.39, 0.29) is 5.60 Å². The van der Waals surface area contributed by atoms with Gasteiger partial charge in [-0.2, -0.15) is 0 Å². The molecule has 0 rings (SSSR count). The molecule has 1 unspecified atom stereocenters. The molecule has 0 spiro atoms. The quantitative estimate of drug-likeness (QED) is 0.571. The highest BCUT2D eigenvalue weighted by atomic mass is 16.5. The molecule has 13 heavy (non-hydrogen) atoms. The van der Waals surface area contributed by atoms with E-state index < -0.39 is 0 Å². The van der Waals surface area contributed by atoms with Gasteiger partial charge in [0, 0.05) is 0 Å². The van der Waals surface area contributed by atoms with Gasteiger partial charge in [-0.15, -0.1) is 0 Å². The normalized spacial score (nSPS) is 15.5. The fourth-order valence-corrected chi connectivity index (χ4v) is 1.32. The van der Waals surface area contributed by atoms with E-state index in [9.17, 15) is 4.79 Å². The number of hydrogen-bond donors (Lipinski definition) is 0. The Bertz CT molecular complexity index is 143. The average molecular weight is 186 g/mol. The summed E-state index contributed by atoms with van der Waals surface area (Å²) >= 11 is 0. The van der Waals surface area contributed by atoms with Crippen LogP contribution in [0.1, 0.15) is 53.4 Å². The Balaban J connectivity index is 3.76. The molecule has 0 saturated heterocycles. The molecule has 0 aliphatic heterocycles. The zero-order chi connectivity index (χ0) is 10.3. The monoisotopic (exact) mass is 186 g/mol. The average Bonchev–Trinajstić information content (AvgIpc) is 2.04. The van der Waals surface area contributed by atoms with Crippen molar-refractivity contribution in [3.05, 3.63) is 0 Å². The summed E-state index contributed by atoms with van der Waals surface area (Å²) in [6.07, 6.45) is 4.21. The van der Waals surface area contributed by atoms with Gasteiger partial charge in [0.25, 0.3) is 6.47 Å². The second-order valence-electron chi connectivity index (χ2n) is 4.30. The summed E-state index contributed by atoms with van der Waals surface area (Å²) in [5, 5.41) is 0. The van der Waals surface area contributed by atoms with E-state index >= 15 is 0 Å². The lowest BCUT2D eigenvalue weighted by Crippen LogP contribution is -2.27. The highest BCUT2D eigenvalue weighted by molar-refractivity contribution is 5.38. The fraction of sp³-hybridized carbons (Fsp3) is 0.909. The van der Waals surface area contributed by atoms with Crippen LogP contribution >= 0.6 is 0 Å². The van der Waals surface area contributed by atoms with Crippen LogP contribution in [0.3, 0.4) is 0 Å². The van der Waals surface area contributed by atoms with Gasteiger partial charge in [0.2, 0.25) is 0 Å². The first kappa shape index (κ1) is 12.5. The first-order valence-electron chi connectivity index (χ1n) is 5.15. The number of rotatable bonds is 7. The molecular weight excluding hydrogens is 164 g/mol. The van der Waals surface area contributed by atoms with Crippen molar-refractivity contribution in [1.82, 2.24) is 0 Å². The number of carbonyl (C=O) groups is 1. The van der Waals surface area contributed by atoms with E-state index in [0.717, 1.165) is 25.2 Å². The third-order valence-electron chi connectivity index (χ3n) is 2.57. The third kappa shape index (κ3) is 5.67. The summed E-state index contributed by atoms with van der Waals surface area (Å²) in [5.74, 6) is 0.734. The molecule has 0 aliphatic rings. The van der Waals surface area contributed by atoms with E-state index in [0.29, 0.717) is 6.47 Å². The van der Waals surface area contributed by atoms with E-state index in [4.69, 9.17) is 4.74 Å². The molecule has 0 N–H and O–H groups in total. The van der Waals surface area contributed by atoms with Crippen molar-refractivity contribution in [1.29, 1.82) is 0 Å². The van der Waals surface area contributed by atoms with Crippen LogP contribution in [0.25, 0.3) is 0 Å². The van der Waals surface area contributed by atoms with Crippen LogP contribution in [0, 0.1) is 5.92 Å². The molecule has 0 heterocycles. The van der Waals surface area contributed by atoms with Crippen LogP contribution in [-0.4, -0.2) is 12.1 Å². The second-order valence-corrected chi connectivity index (χ2v) is 4.30. The minimum atomic E-state index is -0.239. The molecule has 2 heteroatoms. The van der Waals surface area contributed by atoms with Gasteiger partial charge in [-0.3, -0.25) is 4.79 Å². The van der Waals surface area contributed by atoms with Crippen LogP contribution < -0.4 is 0 Å². The summed E-state index contributed by atoms with van der Waals surface area (Å²) in [7, 11) is 0. The van der Waals surface area contributed by atoms with Gasteiger partial charge in [0.05, 0.1) is 0 Å². The molecule has 0 aliphatic carbocycles. The Morgan fingerprint density at radius 3 is 2.46 bits per heavy atom. The fourth-order valence-electron chi connectivity index (χ4n) is 1.32. The van der Waals surface area contributed by atoms with Gasteiger partial charge in [0.15, 0.2) is 0 Å². The van der Waals surface area contributed by atoms with Gasteiger partial charge in [0.1, 0.15) is 5.60 Å². The standard InChI is InChI=1S/C11H22O2/c1-5-11(4,13-9-12)8-6-7-10(2)3/h9-10H,5-8H2,1-4H3.